The van der Waals surface area contributed by atoms with Crippen LogP contribution in [0.3, 0.4) is 0 Å². The quantitative estimate of drug-likeness (QED) is 0.244. The maximum atomic E-state index is 10.3. The predicted molar refractivity (Wildman–Crippen MR) is 144 cm³/mol. The third kappa shape index (κ3) is 10.1. The number of phenols is 1. The van der Waals surface area contributed by atoms with Crippen molar-refractivity contribution in [2.24, 2.45) is 0 Å². The molecule has 2 aromatic rings. The lowest BCUT2D eigenvalue weighted by molar-refractivity contribution is 0.122. The van der Waals surface area contributed by atoms with Gasteiger partial charge in [0.1, 0.15) is 5.75 Å². The van der Waals surface area contributed by atoms with E-state index in [0.717, 1.165) is 91.0 Å². The van der Waals surface area contributed by atoms with Crippen LogP contribution < -0.4 is 10.2 Å². The van der Waals surface area contributed by atoms with Crippen molar-refractivity contribution < 1.29 is 24.8 Å². The normalized spacial score (nSPS) is 14.8. The molecule has 1 fully saturated rings. The van der Waals surface area contributed by atoms with Gasteiger partial charge in [-0.05, 0) is 74.0 Å². The van der Waals surface area contributed by atoms with Crippen LogP contribution in [0.2, 0.25) is 0 Å². The Kier molecular flexibility index (Phi) is 13.1. The fraction of sp³-hybridized carbons (Fsp3) is 0.586. The zero-order valence-electron chi connectivity index (χ0n) is 21.5. The Hall–Kier alpha value is -2.16. The molecule has 7 nitrogen and oxygen atoms in total. The maximum absolute atomic E-state index is 10.3. The van der Waals surface area contributed by atoms with Crippen molar-refractivity contribution in [3.05, 3.63) is 59.2 Å². The Morgan fingerprint density at radius 2 is 1.64 bits per heavy atom. The van der Waals surface area contributed by atoms with Gasteiger partial charge in [-0.1, -0.05) is 31.0 Å². The Bertz CT molecular complexity index is 855. The Morgan fingerprint density at radius 1 is 0.917 bits per heavy atom. The number of aromatic hydroxyl groups is 1. The average molecular weight is 501 g/mol. The first-order valence-corrected chi connectivity index (χ1v) is 13.5. The fourth-order valence-electron chi connectivity index (χ4n) is 4.43. The van der Waals surface area contributed by atoms with Crippen LogP contribution in [0, 0.1) is 0 Å². The molecule has 1 aliphatic rings. The van der Waals surface area contributed by atoms with Crippen LogP contribution in [0.5, 0.6) is 5.75 Å². The van der Waals surface area contributed by atoms with Gasteiger partial charge in [0.05, 0.1) is 25.9 Å². The molecule has 0 radical (unpaired) electrons. The number of aliphatic hydroxyl groups excluding tert-OH is 2. The van der Waals surface area contributed by atoms with Crippen LogP contribution in [0.25, 0.3) is 0 Å². The molecule has 2 aromatic carbocycles. The summed E-state index contributed by atoms with van der Waals surface area (Å²) in [5.74, 6) is 0.0518. The van der Waals surface area contributed by atoms with Crippen molar-refractivity contribution in [3.63, 3.8) is 0 Å². The Morgan fingerprint density at radius 3 is 2.39 bits per heavy atom. The van der Waals surface area contributed by atoms with Crippen LogP contribution >= 0.6 is 0 Å². The SMILES string of the molecule is OCc1cc(C(O)CNCCCCCCOCCCCc2ccc(N3CCOCC3)cc2)ccc1O. The smallest absolute Gasteiger partial charge is 0.121 e. The molecule has 0 aliphatic carbocycles. The molecule has 0 bridgehead atoms. The molecule has 200 valence electrons. The molecule has 1 aliphatic heterocycles. The van der Waals surface area contributed by atoms with E-state index in [1.54, 1.807) is 12.1 Å². The van der Waals surface area contributed by atoms with Crippen LogP contribution in [0.4, 0.5) is 5.69 Å². The van der Waals surface area contributed by atoms with Gasteiger partial charge in [0, 0.05) is 44.1 Å². The number of unbranched alkanes of at least 4 members (excludes halogenated alkanes) is 4. The molecule has 1 heterocycles. The number of aliphatic hydroxyl groups is 2. The van der Waals surface area contributed by atoms with E-state index in [1.807, 2.05) is 0 Å². The van der Waals surface area contributed by atoms with E-state index in [2.05, 4.69) is 34.5 Å². The summed E-state index contributed by atoms with van der Waals surface area (Å²) in [6, 6.07) is 13.8. The molecular weight excluding hydrogens is 456 g/mol. The van der Waals surface area contributed by atoms with E-state index in [4.69, 9.17) is 9.47 Å². The molecule has 3 rings (SSSR count). The lowest BCUT2D eigenvalue weighted by Crippen LogP contribution is -2.36. The van der Waals surface area contributed by atoms with Gasteiger partial charge in [-0.25, -0.2) is 0 Å². The van der Waals surface area contributed by atoms with Crippen molar-refractivity contribution in [2.75, 3.05) is 57.5 Å². The second-order valence-corrected chi connectivity index (χ2v) is 9.52. The summed E-state index contributed by atoms with van der Waals surface area (Å²) in [7, 11) is 0. The van der Waals surface area contributed by atoms with Gasteiger partial charge in [-0.15, -0.1) is 0 Å². The molecular formula is C29H44N2O5. The number of ether oxygens (including phenoxy) is 2. The summed E-state index contributed by atoms with van der Waals surface area (Å²) in [5.41, 5.74) is 3.82. The minimum absolute atomic E-state index is 0.0518. The monoisotopic (exact) mass is 500 g/mol. The second-order valence-electron chi connectivity index (χ2n) is 9.52. The van der Waals surface area contributed by atoms with Crippen molar-refractivity contribution in [1.29, 1.82) is 0 Å². The zero-order chi connectivity index (χ0) is 25.4. The molecule has 0 spiro atoms. The number of benzene rings is 2. The number of rotatable bonds is 17. The highest BCUT2D eigenvalue weighted by Crippen LogP contribution is 2.22. The number of morpholine rings is 1. The average Bonchev–Trinajstić information content (AvgIpc) is 2.92. The van der Waals surface area contributed by atoms with Gasteiger partial charge < -0.3 is 35.0 Å². The summed E-state index contributed by atoms with van der Waals surface area (Å²) in [6.07, 6.45) is 7.14. The van der Waals surface area contributed by atoms with E-state index in [-0.39, 0.29) is 12.4 Å². The summed E-state index contributed by atoms with van der Waals surface area (Å²) in [5, 5.41) is 32.4. The summed E-state index contributed by atoms with van der Waals surface area (Å²) >= 11 is 0. The third-order valence-electron chi connectivity index (χ3n) is 6.71. The van der Waals surface area contributed by atoms with Crippen molar-refractivity contribution in [3.8, 4) is 5.75 Å². The second kappa shape index (κ2) is 16.6. The third-order valence-corrected chi connectivity index (χ3v) is 6.71. The molecule has 1 unspecified atom stereocenters. The first kappa shape index (κ1) is 28.4. The van der Waals surface area contributed by atoms with Crippen molar-refractivity contribution >= 4 is 5.69 Å². The van der Waals surface area contributed by atoms with Gasteiger partial charge >= 0.3 is 0 Å². The zero-order valence-corrected chi connectivity index (χ0v) is 21.5. The van der Waals surface area contributed by atoms with Gasteiger partial charge in [0.15, 0.2) is 0 Å². The first-order chi connectivity index (χ1) is 17.7. The number of aryl methyl sites for hydroxylation is 1. The number of anilines is 1. The van der Waals surface area contributed by atoms with E-state index >= 15 is 0 Å². The van der Waals surface area contributed by atoms with E-state index in [1.165, 1.54) is 17.3 Å². The summed E-state index contributed by atoms with van der Waals surface area (Å²) in [6.45, 7) is 6.33. The molecule has 0 aromatic heterocycles. The highest BCUT2D eigenvalue weighted by molar-refractivity contribution is 5.48. The molecule has 1 atom stereocenters. The molecule has 0 saturated carbocycles. The fourth-order valence-corrected chi connectivity index (χ4v) is 4.43. The minimum Gasteiger partial charge on any atom is -0.508 e. The lowest BCUT2D eigenvalue weighted by atomic mass is 10.1. The Labute approximate surface area is 216 Å². The number of hydrogen-bond acceptors (Lipinski definition) is 7. The maximum Gasteiger partial charge on any atom is 0.121 e. The van der Waals surface area contributed by atoms with E-state index < -0.39 is 6.10 Å². The minimum atomic E-state index is -0.654. The number of nitrogens with zero attached hydrogens (tertiary/aromatic N) is 1. The molecule has 7 heteroatoms. The van der Waals surface area contributed by atoms with E-state index in [0.29, 0.717) is 17.7 Å². The molecule has 36 heavy (non-hydrogen) atoms. The van der Waals surface area contributed by atoms with Gasteiger partial charge in [0.25, 0.3) is 0 Å². The van der Waals surface area contributed by atoms with Crippen LogP contribution in [0.1, 0.15) is 61.3 Å². The number of hydrogen-bond donors (Lipinski definition) is 4. The van der Waals surface area contributed by atoms with Crippen LogP contribution in [-0.2, 0) is 22.5 Å². The molecule has 4 N–H and O–H groups in total. The lowest BCUT2D eigenvalue weighted by Gasteiger charge is -2.28. The summed E-state index contributed by atoms with van der Waals surface area (Å²) < 4.78 is 11.2. The highest BCUT2D eigenvalue weighted by atomic mass is 16.5. The van der Waals surface area contributed by atoms with Gasteiger partial charge in [0.2, 0.25) is 0 Å². The van der Waals surface area contributed by atoms with Crippen LogP contribution in [0.15, 0.2) is 42.5 Å². The molecule has 1 saturated heterocycles. The number of nitrogens with one attached hydrogen (secondary N) is 1. The highest BCUT2D eigenvalue weighted by Gasteiger charge is 2.11. The van der Waals surface area contributed by atoms with Crippen LogP contribution in [-0.4, -0.2) is 67.9 Å². The standard InChI is InChI=1S/C29H44N2O5/c32-23-26-21-25(10-13-28(26)33)29(34)22-30-14-4-1-2-5-17-35-18-6-3-7-24-8-11-27(12-9-24)31-15-19-36-20-16-31/h8-13,21,29-30,32-34H,1-7,14-20,22-23H2. The first-order valence-electron chi connectivity index (χ1n) is 13.5. The van der Waals surface area contributed by atoms with Gasteiger partial charge in [-0.3, -0.25) is 0 Å². The summed E-state index contributed by atoms with van der Waals surface area (Å²) in [4.78, 5) is 2.39. The predicted octanol–water partition coefficient (Wildman–Crippen LogP) is 3.94. The topological polar surface area (TPSA) is 94.4 Å². The molecule has 0 amide bonds. The van der Waals surface area contributed by atoms with Crippen molar-refractivity contribution in [1.82, 2.24) is 5.32 Å². The Balaban J connectivity index is 1.11. The van der Waals surface area contributed by atoms with Crippen molar-refractivity contribution in [2.45, 2.75) is 57.7 Å². The van der Waals surface area contributed by atoms with E-state index in [9.17, 15) is 15.3 Å². The van der Waals surface area contributed by atoms with Gasteiger partial charge in [-0.2, -0.15) is 0 Å². The largest absolute Gasteiger partial charge is 0.508 e.